The minimum absolute atomic E-state index is 0.131. The summed E-state index contributed by atoms with van der Waals surface area (Å²) < 4.78 is 99.9. The van der Waals surface area contributed by atoms with Gasteiger partial charge >= 0.3 is 0 Å². The van der Waals surface area contributed by atoms with E-state index in [4.69, 9.17) is 16.4 Å². The van der Waals surface area contributed by atoms with E-state index in [0.717, 1.165) is 11.9 Å². The minimum atomic E-state index is -3.25. The highest BCUT2D eigenvalue weighted by Gasteiger charge is 2.36. The summed E-state index contributed by atoms with van der Waals surface area (Å²) in [6.45, 7) is -2.71. The number of nitrogens with zero attached hydrogens (tertiary/aromatic N) is 3. The van der Waals surface area contributed by atoms with E-state index in [-0.39, 0.29) is 16.6 Å². The summed E-state index contributed by atoms with van der Waals surface area (Å²) >= 11 is 0. The number of rotatable bonds is 2. The number of carbonyl (C=O) groups excluding carboxylic acids is 1. The minimum Gasteiger partial charge on any atom is -0.348 e. The molecule has 5 nitrogen and oxygen atoms in total. The van der Waals surface area contributed by atoms with E-state index in [1.165, 1.54) is 12.1 Å². The van der Waals surface area contributed by atoms with E-state index in [1.807, 2.05) is 0 Å². The van der Waals surface area contributed by atoms with Crippen LogP contribution in [0.1, 0.15) is 58.9 Å². The second-order valence-electron chi connectivity index (χ2n) is 5.52. The second-order valence-corrected chi connectivity index (χ2v) is 5.52. The summed E-state index contributed by atoms with van der Waals surface area (Å²) in [6.07, 6.45) is -11.2. The molecule has 1 N–H and O–H groups in total. The number of hydrogen-bond donors (Lipinski definition) is 1. The van der Waals surface area contributed by atoms with Gasteiger partial charge < -0.3 is 10.2 Å². The molecule has 0 radical (unpaired) electrons. The van der Waals surface area contributed by atoms with Gasteiger partial charge in [-0.15, -0.1) is 0 Å². The molecule has 0 saturated carbocycles. The van der Waals surface area contributed by atoms with Crippen LogP contribution in [0.25, 0.3) is 10.9 Å². The van der Waals surface area contributed by atoms with Gasteiger partial charge in [-0.05, 0) is 38.7 Å². The number of hydrogen-bond acceptors (Lipinski definition) is 3. The summed E-state index contributed by atoms with van der Waals surface area (Å²) in [4.78, 5) is 14.0. The van der Waals surface area contributed by atoms with Crippen LogP contribution < -0.4 is 5.32 Å². The van der Waals surface area contributed by atoms with Gasteiger partial charge in [0.05, 0.1) is 6.89 Å². The number of fused-ring (bicyclic) bond motifs is 3. The first-order chi connectivity index (χ1) is 15.7. The van der Waals surface area contributed by atoms with Gasteiger partial charge in [0.15, 0.2) is 5.69 Å². The van der Waals surface area contributed by atoms with E-state index in [1.54, 1.807) is 12.1 Å². The summed E-state index contributed by atoms with van der Waals surface area (Å²) in [7, 11) is 1.14. The number of piperidine rings is 2. The number of amides is 1. The van der Waals surface area contributed by atoms with E-state index >= 15 is 0 Å². The van der Waals surface area contributed by atoms with Crippen LogP contribution in [0.5, 0.6) is 0 Å². The third-order valence-electron chi connectivity index (χ3n) is 4.08. The van der Waals surface area contributed by atoms with Crippen molar-refractivity contribution in [3.63, 3.8) is 0 Å². The van der Waals surface area contributed by atoms with Gasteiger partial charge in [-0.3, -0.25) is 9.48 Å². The number of aromatic nitrogens is 2. The zero-order valence-corrected chi connectivity index (χ0v) is 12.5. The fourth-order valence-corrected chi connectivity index (χ4v) is 2.84. The largest absolute Gasteiger partial charge is 0.348 e. The molecule has 1 amide bonds. The Kier molecular flexibility index (Phi) is 1.61. The van der Waals surface area contributed by atoms with E-state index in [9.17, 15) is 4.79 Å². The third kappa shape index (κ3) is 2.53. The lowest BCUT2D eigenvalue weighted by Crippen LogP contribution is -2.55. The number of nitrogens with one attached hydrogen (secondary N) is 1. The monoisotopic (exact) mass is 324 g/mol. The van der Waals surface area contributed by atoms with Gasteiger partial charge in [0.2, 0.25) is 0 Å². The van der Waals surface area contributed by atoms with Crippen molar-refractivity contribution in [1.29, 1.82) is 0 Å². The van der Waals surface area contributed by atoms with Crippen LogP contribution in [0.2, 0.25) is 0 Å². The Bertz CT molecular complexity index is 1180. The van der Waals surface area contributed by atoms with Crippen LogP contribution in [-0.2, 0) is 6.98 Å². The van der Waals surface area contributed by atoms with Crippen LogP contribution in [0.3, 0.4) is 0 Å². The topological polar surface area (TPSA) is 50.2 Å². The van der Waals surface area contributed by atoms with Gasteiger partial charge in [0, 0.05) is 45.5 Å². The molecule has 2 atom stereocenters. The fraction of sp³-hybridized carbons (Fsp3) is 0.556. The van der Waals surface area contributed by atoms with Gasteiger partial charge in [0.25, 0.3) is 5.91 Å². The van der Waals surface area contributed by atoms with Gasteiger partial charge in [-0.25, -0.2) is 0 Å². The van der Waals surface area contributed by atoms with Crippen molar-refractivity contribution in [3.8, 4) is 0 Å². The molecule has 0 aliphatic carbocycles. The molecule has 3 heterocycles. The average Bonchev–Trinajstić information content (AvgIpc) is 3.11. The maximum Gasteiger partial charge on any atom is 0.272 e. The van der Waals surface area contributed by atoms with Crippen molar-refractivity contribution in [2.45, 2.75) is 50.0 Å². The van der Waals surface area contributed by atoms with Crippen molar-refractivity contribution in [2.75, 3.05) is 7.05 Å². The lowest BCUT2D eigenvalue weighted by atomic mass is 9.82. The quantitative estimate of drug-likeness (QED) is 0.922. The standard InChI is InChI=1S/C18H24N4O/c1-21-13-6-5-7-14(21)11-12(10-13)19-18(23)17-15-8-3-4-9-16(15)22(2)20-17/h3-4,8-9,12-14H,5-7,10-11H2,1-2H3,(H,19,23)/t13-,14-/m1/s1/i2D3,5D2,6D2,7D2,12D,13D,14D. The zero-order chi connectivity index (χ0) is 26.6. The molecular formula is C18H24N4O. The van der Waals surface area contributed by atoms with Crippen LogP contribution in [-0.4, -0.2) is 45.7 Å². The molecule has 2 bridgehead atoms. The third-order valence-corrected chi connectivity index (χ3v) is 4.08. The van der Waals surface area contributed by atoms with Crippen molar-refractivity contribution < 1.29 is 21.2 Å². The molecule has 2 fully saturated rings. The summed E-state index contributed by atoms with van der Waals surface area (Å²) in [5.41, 5.74) is -0.210. The maximum absolute atomic E-state index is 13.2. The van der Waals surface area contributed by atoms with Gasteiger partial charge in [0.1, 0.15) is 0 Å². The molecule has 122 valence electrons. The van der Waals surface area contributed by atoms with Crippen molar-refractivity contribution in [3.05, 3.63) is 30.0 Å². The smallest absolute Gasteiger partial charge is 0.272 e. The molecule has 23 heavy (non-hydrogen) atoms. The zero-order valence-electron chi connectivity index (χ0n) is 24.5. The van der Waals surface area contributed by atoms with Crippen LogP contribution in [0, 0.1) is 0 Å². The van der Waals surface area contributed by atoms with Crippen LogP contribution in [0.15, 0.2) is 24.3 Å². The Morgan fingerprint density at radius 3 is 2.87 bits per heavy atom. The summed E-state index contributed by atoms with van der Waals surface area (Å²) in [6, 6.07) is -1.41. The predicted molar refractivity (Wildman–Crippen MR) is 90.4 cm³/mol. The number of aryl methyl sites for hydroxylation is 1. The molecule has 2 aliphatic heterocycles. The Balaban J connectivity index is 1.79. The summed E-state index contributed by atoms with van der Waals surface area (Å²) in [5.74, 6) is -1.02. The lowest BCUT2D eigenvalue weighted by Gasteiger charge is -2.47. The highest BCUT2D eigenvalue weighted by molar-refractivity contribution is 6.04. The Labute approximate surface area is 153 Å². The molecule has 1 aromatic heterocycles. The van der Waals surface area contributed by atoms with Gasteiger partial charge in [-0.1, -0.05) is 24.6 Å². The lowest BCUT2D eigenvalue weighted by molar-refractivity contribution is 0.0462. The number of carbonyl (C=O) groups is 1. The SMILES string of the molecule is [2H]C1(NC(=O)c2nn(C([2H])([2H])[2H])c3ccccc23)C[C@]2([2H])N(C)[C@@]([2H])(C1)C([2H])([2H])C([2H])([2H])C2([2H])[2H]. The van der Waals surface area contributed by atoms with Gasteiger partial charge in [-0.2, -0.15) is 5.10 Å². The van der Waals surface area contributed by atoms with Crippen molar-refractivity contribution in [2.24, 2.45) is 6.98 Å². The molecular weight excluding hydrogens is 288 g/mol. The molecule has 2 aromatic rings. The predicted octanol–water partition coefficient (Wildman–Crippen LogP) is 2.32. The van der Waals surface area contributed by atoms with E-state index < -0.39 is 62.9 Å². The Morgan fingerprint density at radius 2 is 2.13 bits per heavy atom. The number of benzene rings is 1. The first kappa shape index (κ1) is 6.55. The highest BCUT2D eigenvalue weighted by atomic mass is 16.2. The van der Waals surface area contributed by atoms with Crippen molar-refractivity contribution >= 4 is 16.8 Å². The normalized spacial score (nSPS) is 52.4. The van der Waals surface area contributed by atoms with E-state index in [0.29, 0.717) is 4.68 Å². The number of para-hydroxylation sites is 1. The molecule has 0 unspecified atom stereocenters. The molecule has 2 saturated heterocycles. The molecule has 4 rings (SSSR count). The molecule has 0 spiro atoms. The first-order valence-corrected chi connectivity index (χ1v) is 7.21. The highest BCUT2D eigenvalue weighted by Crippen LogP contribution is 2.32. The molecule has 1 aromatic carbocycles. The second kappa shape index (κ2) is 5.64. The first-order valence-electron chi connectivity index (χ1n) is 13.2. The summed E-state index contributed by atoms with van der Waals surface area (Å²) in [5, 5.41) is 6.39. The average molecular weight is 324 g/mol. The molecule has 2 aliphatic rings. The fourth-order valence-electron chi connectivity index (χ4n) is 2.84. The van der Waals surface area contributed by atoms with Crippen LogP contribution >= 0.6 is 0 Å². The maximum atomic E-state index is 13.2. The molecule has 5 heteroatoms. The van der Waals surface area contributed by atoms with Crippen LogP contribution in [0.4, 0.5) is 0 Å². The Morgan fingerprint density at radius 1 is 1.39 bits per heavy atom. The van der Waals surface area contributed by atoms with E-state index in [2.05, 4.69) is 10.4 Å². The Hall–Kier alpha value is -1.88. The van der Waals surface area contributed by atoms with Crippen molar-refractivity contribution in [1.82, 2.24) is 20.0 Å².